The highest BCUT2D eigenvalue weighted by molar-refractivity contribution is 6.42. The molecule has 0 aliphatic heterocycles. The summed E-state index contributed by atoms with van der Waals surface area (Å²) in [5.74, 6) is -0.445. The van der Waals surface area contributed by atoms with E-state index in [1.54, 1.807) is 43.3 Å². The van der Waals surface area contributed by atoms with Gasteiger partial charge in [-0.25, -0.2) is 0 Å². The van der Waals surface area contributed by atoms with Crippen molar-refractivity contribution in [2.45, 2.75) is 33.1 Å². The van der Waals surface area contributed by atoms with Crippen LogP contribution in [-0.2, 0) is 9.59 Å². The summed E-state index contributed by atoms with van der Waals surface area (Å²) in [6, 6.07) is 8.35. The molecule has 6 heteroatoms. The van der Waals surface area contributed by atoms with Gasteiger partial charge in [0.25, 0.3) is 0 Å². The Morgan fingerprint density at radius 2 is 1.85 bits per heavy atom. The number of carbonyl (C=O) groups excluding carboxylic acids is 2. The fourth-order valence-electron chi connectivity index (χ4n) is 2.52. The minimum atomic E-state index is -0.415. The van der Waals surface area contributed by atoms with E-state index in [4.69, 9.17) is 23.2 Å². The molecule has 0 spiro atoms. The molecule has 0 bridgehead atoms. The van der Waals surface area contributed by atoms with E-state index in [2.05, 4.69) is 5.32 Å². The molecule has 0 heterocycles. The number of anilines is 1. The lowest BCUT2D eigenvalue weighted by Gasteiger charge is -2.14. The van der Waals surface area contributed by atoms with Gasteiger partial charge in [0.1, 0.15) is 5.75 Å². The number of hydrogen-bond acceptors (Lipinski definition) is 3. The third kappa shape index (κ3) is 5.84. The SMILES string of the molecule is Cc1cc(O)c(C(C)C)cc1NC(=O)CC(=O)/C=C/c1ccc(Cl)c(Cl)c1. The van der Waals surface area contributed by atoms with Gasteiger partial charge in [-0.1, -0.05) is 49.2 Å². The predicted octanol–water partition coefficient (Wildman–Crippen LogP) is 5.74. The fraction of sp³-hybridized carbons (Fsp3) is 0.238. The quantitative estimate of drug-likeness (QED) is 0.365. The predicted molar refractivity (Wildman–Crippen MR) is 111 cm³/mol. The van der Waals surface area contributed by atoms with Crippen molar-refractivity contribution in [3.8, 4) is 5.75 Å². The maximum Gasteiger partial charge on any atom is 0.232 e. The zero-order valence-corrected chi connectivity index (χ0v) is 16.9. The number of phenolic OH excluding ortho intramolecular Hbond substituents is 1. The molecule has 0 fully saturated rings. The number of aryl methyl sites for hydroxylation is 1. The lowest BCUT2D eigenvalue weighted by Crippen LogP contribution is -2.16. The number of rotatable bonds is 6. The van der Waals surface area contributed by atoms with Crippen molar-refractivity contribution in [3.05, 3.63) is 63.1 Å². The van der Waals surface area contributed by atoms with Crippen molar-refractivity contribution in [2.75, 3.05) is 5.32 Å². The van der Waals surface area contributed by atoms with Gasteiger partial charge in [-0.2, -0.15) is 0 Å². The van der Waals surface area contributed by atoms with Crippen molar-refractivity contribution in [1.82, 2.24) is 0 Å². The molecule has 0 saturated carbocycles. The van der Waals surface area contributed by atoms with Crippen LogP contribution in [0.5, 0.6) is 5.75 Å². The summed E-state index contributed by atoms with van der Waals surface area (Å²) in [7, 11) is 0. The van der Waals surface area contributed by atoms with Crippen LogP contribution in [0.2, 0.25) is 10.0 Å². The van der Waals surface area contributed by atoms with E-state index >= 15 is 0 Å². The Bertz CT molecular complexity index is 905. The summed E-state index contributed by atoms with van der Waals surface area (Å²) in [4.78, 5) is 24.2. The average molecular weight is 406 g/mol. The van der Waals surface area contributed by atoms with Crippen molar-refractivity contribution >= 4 is 46.7 Å². The first-order chi connectivity index (χ1) is 12.7. The van der Waals surface area contributed by atoms with Crippen LogP contribution in [0.15, 0.2) is 36.4 Å². The van der Waals surface area contributed by atoms with Crippen LogP contribution in [0, 0.1) is 6.92 Å². The second-order valence-electron chi connectivity index (χ2n) is 6.58. The third-order valence-corrected chi connectivity index (χ3v) is 4.75. The van der Waals surface area contributed by atoms with Crippen molar-refractivity contribution in [2.24, 2.45) is 0 Å². The van der Waals surface area contributed by atoms with Crippen LogP contribution in [-0.4, -0.2) is 16.8 Å². The molecule has 2 aromatic carbocycles. The topological polar surface area (TPSA) is 66.4 Å². The maximum atomic E-state index is 12.2. The number of nitrogens with one attached hydrogen (secondary N) is 1. The summed E-state index contributed by atoms with van der Waals surface area (Å²) < 4.78 is 0. The van der Waals surface area contributed by atoms with E-state index in [-0.39, 0.29) is 23.9 Å². The Morgan fingerprint density at radius 1 is 1.15 bits per heavy atom. The first-order valence-electron chi connectivity index (χ1n) is 8.46. The number of ketones is 1. The van der Waals surface area contributed by atoms with E-state index in [1.807, 2.05) is 13.8 Å². The zero-order chi connectivity index (χ0) is 20.1. The van der Waals surface area contributed by atoms with E-state index in [0.717, 1.165) is 11.1 Å². The number of carbonyl (C=O) groups is 2. The highest BCUT2D eigenvalue weighted by Crippen LogP contribution is 2.31. The highest BCUT2D eigenvalue weighted by Gasteiger charge is 2.13. The Hall–Kier alpha value is -2.30. The fourth-order valence-corrected chi connectivity index (χ4v) is 2.83. The third-order valence-electron chi connectivity index (χ3n) is 4.01. The van der Waals surface area contributed by atoms with Gasteiger partial charge >= 0.3 is 0 Å². The highest BCUT2D eigenvalue weighted by atomic mass is 35.5. The van der Waals surface area contributed by atoms with Gasteiger partial charge in [-0.3, -0.25) is 9.59 Å². The number of halogens is 2. The number of phenols is 1. The van der Waals surface area contributed by atoms with E-state index in [1.165, 1.54) is 6.08 Å². The number of amides is 1. The normalized spacial score (nSPS) is 11.2. The Morgan fingerprint density at radius 3 is 2.48 bits per heavy atom. The zero-order valence-electron chi connectivity index (χ0n) is 15.3. The first kappa shape index (κ1) is 21.0. The monoisotopic (exact) mass is 405 g/mol. The van der Waals surface area contributed by atoms with Crippen LogP contribution in [0.1, 0.15) is 42.9 Å². The van der Waals surface area contributed by atoms with E-state index in [0.29, 0.717) is 21.3 Å². The second kappa shape index (κ2) is 9.07. The van der Waals surface area contributed by atoms with Gasteiger partial charge in [-0.05, 0) is 59.9 Å². The number of benzene rings is 2. The minimum Gasteiger partial charge on any atom is -0.508 e. The minimum absolute atomic E-state index is 0.108. The molecule has 0 aromatic heterocycles. The van der Waals surface area contributed by atoms with Crippen LogP contribution in [0.4, 0.5) is 5.69 Å². The molecule has 2 rings (SSSR count). The molecule has 4 nitrogen and oxygen atoms in total. The lowest BCUT2D eigenvalue weighted by atomic mass is 9.99. The Kier molecular flexibility index (Phi) is 7.05. The molecular formula is C21H21Cl2NO3. The summed E-state index contributed by atoms with van der Waals surface area (Å²) in [5, 5.41) is 13.6. The van der Waals surface area contributed by atoms with Crippen molar-refractivity contribution in [1.29, 1.82) is 0 Å². The molecule has 0 aliphatic carbocycles. The Balaban J connectivity index is 2.03. The lowest BCUT2D eigenvalue weighted by molar-refractivity contribution is -0.122. The van der Waals surface area contributed by atoms with Gasteiger partial charge in [0, 0.05) is 5.69 Å². The maximum absolute atomic E-state index is 12.2. The molecule has 1 amide bonds. The van der Waals surface area contributed by atoms with Crippen LogP contribution >= 0.6 is 23.2 Å². The van der Waals surface area contributed by atoms with E-state index < -0.39 is 5.91 Å². The molecule has 0 unspecified atom stereocenters. The summed E-state index contributed by atoms with van der Waals surface area (Å²) in [6.45, 7) is 5.69. The second-order valence-corrected chi connectivity index (χ2v) is 7.39. The molecule has 2 N–H and O–H groups in total. The number of aromatic hydroxyl groups is 1. The molecule has 0 aliphatic rings. The summed E-state index contributed by atoms with van der Waals surface area (Å²) in [5.41, 5.74) is 2.77. The van der Waals surface area contributed by atoms with Crippen molar-refractivity contribution < 1.29 is 14.7 Å². The Labute approximate surface area is 168 Å². The number of allylic oxidation sites excluding steroid dienone is 1. The van der Waals surface area contributed by atoms with Gasteiger partial charge in [0.05, 0.1) is 16.5 Å². The average Bonchev–Trinajstić information content (AvgIpc) is 2.58. The summed E-state index contributed by atoms with van der Waals surface area (Å²) in [6.07, 6.45) is 2.64. The molecule has 27 heavy (non-hydrogen) atoms. The molecule has 0 atom stereocenters. The first-order valence-corrected chi connectivity index (χ1v) is 9.22. The van der Waals surface area contributed by atoms with E-state index in [9.17, 15) is 14.7 Å². The van der Waals surface area contributed by atoms with Crippen molar-refractivity contribution in [3.63, 3.8) is 0 Å². The summed E-state index contributed by atoms with van der Waals surface area (Å²) >= 11 is 11.8. The van der Waals surface area contributed by atoms with Crippen LogP contribution in [0.25, 0.3) is 6.08 Å². The van der Waals surface area contributed by atoms with Crippen LogP contribution < -0.4 is 5.32 Å². The van der Waals surface area contributed by atoms with Crippen LogP contribution in [0.3, 0.4) is 0 Å². The van der Waals surface area contributed by atoms with Gasteiger partial charge < -0.3 is 10.4 Å². The molecule has 0 radical (unpaired) electrons. The van der Waals surface area contributed by atoms with Gasteiger partial charge in [0.15, 0.2) is 5.78 Å². The van der Waals surface area contributed by atoms with Gasteiger partial charge in [-0.15, -0.1) is 0 Å². The largest absolute Gasteiger partial charge is 0.508 e. The smallest absolute Gasteiger partial charge is 0.232 e. The number of hydrogen-bond donors (Lipinski definition) is 2. The molecule has 142 valence electrons. The molecular weight excluding hydrogens is 385 g/mol. The molecule has 2 aromatic rings. The standard InChI is InChI=1S/C21H21Cl2NO3/c1-12(2)16-11-19(13(3)8-20(16)26)24-21(27)10-15(25)6-4-14-5-7-17(22)18(23)9-14/h4-9,11-12,26H,10H2,1-3H3,(H,24,27)/b6-4+. The van der Waals surface area contributed by atoms with Gasteiger partial charge in [0.2, 0.25) is 5.91 Å². The molecule has 0 saturated heterocycles.